The molecule has 40 heavy (non-hydrogen) atoms. The Balaban J connectivity index is 0.000000604. The van der Waals surface area contributed by atoms with E-state index >= 15 is 0 Å². The third-order valence-electron chi connectivity index (χ3n) is 5.43. The van der Waals surface area contributed by atoms with Crippen LogP contribution in [0.25, 0.3) is 0 Å². The number of carbonyl (C=O) groups excluding carboxylic acids is 2. The molecule has 7 N–H and O–H groups in total. The van der Waals surface area contributed by atoms with Crippen molar-refractivity contribution in [1.29, 1.82) is 0 Å². The quantitative estimate of drug-likeness (QED) is 0.161. The third kappa shape index (κ3) is 13.6. The molecular formula is C24H37N5O11. The zero-order chi connectivity index (χ0) is 31.0. The van der Waals surface area contributed by atoms with Gasteiger partial charge in [0.1, 0.15) is 6.04 Å². The molecule has 1 saturated heterocycles. The molecular weight excluding hydrogens is 534 g/mol. The third-order valence-corrected chi connectivity index (χ3v) is 5.43. The highest BCUT2D eigenvalue weighted by atomic mass is 16.7. The highest BCUT2D eigenvalue weighted by Gasteiger charge is 2.26. The maximum absolute atomic E-state index is 11.6. The Morgan fingerprint density at radius 3 is 2.05 bits per heavy atom. The molecule has 224 valence electrons. The van der Waals surface area contributed by atoms with Gasteiger partial charge in [0.2, 0.25) is 11.8 Å². The van der Waals surface area contributed by atoms with Crippen LogP contribution in [0.3, 0.4) is 0 Å². The molecule has 1 aliphatic rings. The Morgan fingerprint density at radius 1 is 1.12 bits per heavy atom. The average Bonchev–Trinajstić information content (AvgIpc) is 3.44. The second-order valence-corrected chi connectivity index (χ2v) is 8.86. The number of anilines is 1. The van der Waals surface area contributed by atoms with Crippen LogP contribution in [0, 0.1) is 16.0 Å². The van der Waals surface area contributed by atoms with Crippen molar-refractivity contribution in [3.63, 3.8) is 0 Å². The number of carboxylic acid groups (broad SMARTS) is 3. The van der Waals surface area contributed by atoms with Gasteiger partial charge in [-0.1, -0.05) is 13.8 Å². The maximum atomic E-state index is 11.6. The van der Waals surface area contributed by atoms with Gasteiger partial charge in [-0.25, -0.2) is 9.86 Å². The predicted octanol–water partition coefficient (Wildman–Crippen LogP) is 1.05. The number of rotatable bonds is 11. The van der Waals surface area contributed by atoms with Crippen LogP contribution in [-0.4, -0.2) is 86.8 Å². The first-order valence-electron chi connectivity index (χ1n) is 12.2. The van der Waals surface area contributed by atoms with Gasteiger partial charge in [0.05, 0.1) is 24.5 Å². The molecule has 0 unspecified atom stereocenters. The largest absolute Gasteiger partial charge is 0.481 e. The van der Waals surface area contributed by atoms with Crippen molar-refractivity contribution in [2.75, 3.05) is 19.0 Å². The number of nitro groups is 1. The van der Waals surface area contributed by atoms with Crippen LogP contribution in [-0.2, 0) is 28.8 Å². The number of carboxylic acids is 3. The smallest absolute Gasteiger partial charge is 0.328 e. The number of hydrogen-bond donors (Lipinski definition) is 6. The van der Waals surface area contributed by atoms with E-state index in [9.17, 15) is 34.1 Å². The summed E-state index contributed by atoms with van der Waals surface area (Å²) >= 11 is 0. The van der Waals surface area contributed by atoms with Gasteiger partial charge in [-0.15, -0.1) is 0 Å². The van der Waals surface area contributed by atoms with E-state index in [4.69, 9.17) is 21.1 Å². The number of nitrogens with two attached hydrogens (primary N) is 1. The summed E-state index contributed by atoms with van der Waals surface area (Å²) in [4.78, 5) is 68.3. The fraction of sp³-hybridized carbons (Fsp3) is 0.542. The number of hydrogen-bond acceptors (Lipinski definition) is 10. The van der Waals surface area contributed by atoms with Crippen molar-refractivity contribution in [3.8, 4) is 0 Å². The van der Waals surface area contributed by atoms with Crippen LogP contribution in [0.5, 0.6) is 0 Å². The first-order chi connectivity index (χ1) is 18.6. The standard InChI is InChI=1S/C11H15N3O3.C8H13NO6.C5H9NO2/c1-7(2)10(12)11(15)13-8-3-5-9(6-4-8)14(16)17;1-5(8(13)14)9(15-2)6(10)3-4-7(11)12;7-5(8)4-2-1-3-6-4/h3-7,10H,12H2,1-2H3,(H,13,15);5H,3-4H2,1-2H3,(H,11,12)(H,13,14);4,6H,1-3H2,(H,7,8)/t10-;5-;4-/m000/s1. The number of amides is 2. The van der Waals surface area contributed by atoms with E-state index in [2.05, 4.69) is 15.5 Å². The summed E-state index contributed by atoms with van der Waals surface area (Å²) in [5.41, 5.74) is 6.15. The van der Waals surface area contributed by atoms with Gasteiger partial charge in [0.25, 0.3) is 5.69 Å². The topological polar surface area (TPSA) is 252 Å². The minimum atomic E-state index is -1.22. The number of nitro benzene ring substituents is 1. The van der Waals surface area contributed by atoms with E-state index in [-0.39, 0.29) is 36.4 Å². The average molecular weight is 572 g/mol. The van der Waals surface area contributed by atoms with Gasteiger partial charge < -0.3 is 31.7 Å². The highest BCUT2D eigenvalue weighted by molar-refractivity contribution is 5.94. The lowest BCUT2D eigenvalue weighted by Gasteiger charge is -2.23. The molecule has 3 atom stereocenters. The lowest BCUT2D eigenvalue weighted by molar-refractivity contribution is -0.384. The number of hydroxylamine groups is 2. The molecule has 1 aromatic carbocycles. The van der Waals surface area contributed by atoms with Crippen LogP contribution in [0.15, 0.2) is 24.3 Å². The highest BCUT2D eigenvalue weighted by Crippen LogP contribution is 2.16. The van der Waals surface area contributed by atoms with E-state index in [0.717, 1.165) is 26.5 Å². The van der Waals surface area contributed by atoms with Crippen LogP contribution in [0.2, 0.25) is 0 Å². The molecule has 2 amide bonds. The molecule has 0 bridgehead atoms. The van der Waals surface area contributed by atoms with Gasteiger partial charge >= 0.3 is 17.9 Å². The molecule has 2 rings (SSSR count). The number of carbonyl (C=O) groups is 5. The van der Waals surface area contributed by atoms with E-state index < -0.39 is 40.8 Å². The SMILES string of the molecule is CC(C)[C@H](N)C(=O)Nc1ccc([N+](=O)[O-])cc1.CON(C(=O)CCC(=O)O)[C@@H](C)C(=O)O.O=C(O)[C@@H]1CCCN1. The van der Waals surface area contributed by atoms with Crippen molar-refractivity contribution >= 4 is 41.1 Å². The summed E-state index contributed by atoms with van der Waals surface area (Å²) in [6.07, 6.45) is 1.14. The summed E-state index contributed by atoms with van der Waals surface area (Å²) in [6, 6.07) is 3.61. The summed E-state index contributed by atoms with van der Waals surface area (Å²) in [7, 11) is 1.15. The first kappa shape index (κ1) is 35.9. The Hall–Kier alpha value is -4.15. The molecule has 0 spiro atoms. The molecule has 1 aromatic rings. The molecule has 1 heterocycles. The van der Waals surface area contributed by atoms with Gasteiger partial charge in [0, 0.05) is 24.2 Å². The minimum absolute atomic E-state index is 0.0174. The number of aliphatic carboxylic acids is 3. The normalized spacial score (nSPS) is 15.3. The van der Waals surface area contributed by atoms with Gasteiger partial charge in [0.15, 0.2) is 6.04 Å². The molecule has 0 aromatic heterocycles. The van der Waals surface area contributed by atoms with E-state index in [1.165, 1.54) is 31.2 Å². The molecule has 1 aliphatic heterocycles. The zero-order valence-corrected chi connectivity index (χ0v) is 22.7. The molecule has 0 radical (unpaired) electrons. The Kier molecular flexibility index (Phi) is 16.3. The molecule has 0 aliphatic carbocycles. The lowest BCUT2D eigenvalue weighted by Crippen LogP contribution is -2.42. The fourth-order valence-electron chi connectivity index (χ4n) is 2.99. The predicted molar refractivity (Wildman–Crippen MR) is 141 cm³/mol. The van der Waals surface area contributed by atoms with Gasteiger partial charge in [-0.05, 0) is 44.4 Å². The minimum Gasteiger partial charge on any atom is -0.481 e. The van der Waals surface area contributed by atoms with Crippen LogP contribution < -0.4 is 16.4 Å². The lowest BCUT2D eigenvalue weighted by atomic mass is 10.0. The maximum Gasteiger partial charge on any atom is 0.328 e. The van der Waals surface area contributed by atoms with E-state index in [0.29, 0.717) is 10.8 Å². The monoisotopic (exact) mass is 571 g/mol. The number of nitrogens with zero attached hydrogens (tertiary/aromatic N) is 2. The van der Waals surface area contributed by atoms with E-state index in [1.54, 1.807) is 0 Å². The Bertz CT molecular complexity index is 1010. The Morgan fingerprint density at radius 2 is 1.70 bits per heavy atom. The first-order valence-corrected chi connectivity index (χ1v) is 12.2. The molecule has 16 heteroatoms. The second kappa shape index (κ2) is 18.2. The fourth-order valence-corrected chi connectivity index (χ4v) is 2.99. The van der Waals surface area contributed by atoms with Crippen molar-refractivity contribution in [3.05, 3.63) is 34.4 Å². The zero-order valence-electron chi connectivity index (χ0n) is 22.7. The summed E-state index contributed by atoms with van der Waals surface area (Å²) in [5, 5.41) is 41.8. The van der Waals surface area contributed by atoms with Crippen molar-refractivity contribution in [2.45, 2.75) is 64.6 Å². The van der Waals surface area contributed by atoms with Crippen molar-refractivity contribution in [2.24, 2.45) is 11.7 Å². The van der Waals surface area contributed by atoms with Crippen molar-refractivity contribution < 1.29 is 49.1 Å². The van der Waals surface area contributed by atoms with E-state index in [1.807, 2.05) is 13.8 Å². The molecule has 0 saturated carbocycles. The summed E-state index contributed by atoms with van der Waals surface area (Å²) < 4.78 is 0. The van der Waals surface area contributed by atoms with Gasteiger partial charge in [-0.2, -0.15) is 0 Å². The Labute approximate surface area is 230 Å². The van der Waals surface area contributed by atoms with Crippen LogP contribution >= 0.6 is 0 Å². The van der Waals surface area contributed by atoms with Gasteiger partial charge in [-0.3, -0.25) is 34.1 Å². The number of non-ortho nitro benzene ring substituents is 1. The van der Waals surface area contributed by atoms with Crippen LogP contribution in [0.1, 0.15) is 46.5 Å². The molecule has 1 fully saturated rings. The van der Waals surface area contributed by atoms with Crippen molar-refractivity contribution in [1.82, 2.24) is 10.4 Å². The number of nitrogens with one attached hydrogen (secondary N) is 2. The van der Waals surface area contributed by atoms with Crippen LogP contribution in [0.4, 0.5) is 11.4 Å². The summed E-state index contributed by atoms with van der Waals surface area (Å²) in [6.45, 7) is 5.82. The number of benzene rings is 1. The second-order valence-electron chi connectivity index (χ2n) is 8.86. The summed E-state index contributed by atoms with van der Waals surface area (Å²) in [5.74, 6) is -4.00. The molecule has 16 nitrogen and oxygen atoms in total.